The summed E-state index contributed by atoms with van der Waals surface area (Å²) in [6.45, 7) is 3.03. The molecule has 1 aliphatic heterocycles. The van der Waals surface area contributed by atoms with Crippen LogP contribution in [-0.4, -0.2) is 52.7 Å². The van der Waals surface area contributed by atoms with Crippen LogP contribution < -0.4 is 5.32 Å². The topological polar surface area (TPSA) is 39.7 Å². The summed E-state index contributed by atoms with van der Waals surface area (Å²) in [4.78, 5) is 0. The number of rotatable bonds is 7. The van der Waals surface area contributed by atoms with E-state index in [1.165, 1.54) is 0 Å². The van der Waals surface area contributed by atoms with Gasteiger partial charge in [-0.25, -0.2) is 0 Å². The third kappa shape index (κ3) is 4.37. The maximum atomic E-state index is 5.69. The van der Waals surface area contributed by atoms with Crippen molar-refractivity contribution in [2.75, 3.05) is 40.5 Å². The molecule has 1 rings (SSSR count). The Morgan fingerprint density at radius 3 is 3.00 bits per heavy atom. The summed E-state index contributed by atoms with van der Waals surface area (Å²) < 4.78 is 16.2. The molecule has 1 heterocycles. The lowest BCUT2D eigenvalue weighted by Gasteiger charge is -2.18. The van der Waals surface area contributed by atoms with Crippen LogP contribution in [0.2, 0.25) is 0 Å². The Labute approximate surface area is 85.9 Å². The highest BCUT2D eigenvalue weighted by atomic mass is 16.6. The van der Waals surface area contributed by atoms with Gasteiger partial charge in [0.05, 0.1) is 25.4 Å². The van der Waals surface area contributed by atoms with Crippen LogP contribution in [0.1, 0.15) is 12.8 Å². The van der Waals surface area contributed by atoms with Crippen LogP contribution in [0.15, 0.2) is 0 Å². The van der Waals surface area contributed by atoms with Crippen molar-refractivity contribution < 1.29 is 14.2 Å². The molecular weight excluding hydrogens is 182 g/mol. The predicted octanol–water partition coefficient (Wildman–Crippen LogP) is 0.416. The molecule has 1 fully saturated rings. The average Bonchev–Trinajstić information content (AvgIpc) is 2.67. The fraction of sp³-hybridized carbons (Fsp3) is 1.00. The van der Waals surface area contributed by atoms with E-state index < -0.39 is 0 Å². The summed E-state index contributed by atoms with van der Waals surface area (Å²) in [6, 6.07) is 0. The van der Waals surface area contributed by atoms with E-state index in [1.807, 2.05) is 7.05 Å². The quantitative estimate of drug-likeness (QED) is 0.651. The van der Waals surface area contributed by atoms with Gasteiger partial charge in [0.15, 0.2) is 0 Å². The third-order valence-corrected chi connectivity index (χ3v) is 2.33. The van der Waals surface area contributed by atoms with Gasteiger partial charge in [-0.1, -0.05) is 0 Å². The highest BCUT2D eigenvalue weighted by Gasteiger charge is 2.17. The molecule has 0 radical (unpaired) electrons. The Morgan fingerprint density at radius 2 is 2.43 bits per heavy atom. The first kappa shape index (κ1) is 11.9. The standard InChI is InChI=1S/C10H21NO3/c1-11-6-10(7-12-2)14-8-9-4-3-5-13-9/h9-11H,3-8H2,1-2H3. The van der Waals surface area contributed by atoms with E-state index in [9.17, 15) is 0 Å². The zero-order chi connectivity index (χ0) is 10.2. The SMILES string of the molecule is CNCC(COC)OCC1CCCO1. The van der Waals surface area contributed by atoms with E-state index in [0.29, 0.717) is 19.3 Å². The van der Waals surface area contributed by atoms with Gasteiger partial charge in [0, 0.05) is 20.3 Å². The molecule has 0 amide bonds. The van der Waals surface area contributed by atoms with Crippen LogP contribution in [-0.2, 0) is 14.2 Å². The molecule has 14 heavy (non-hydrogen) atoms. The highest BCUT2D eigenvalue weighted by molar-refractivity contribution is 4.66. The van der Waals surface area contributed by atoms with Crippen molar-refractivity contribution in [1.29, 1.82) is 0 Å². The van der Waals surface area contributed by atoms with Crippen molar-refractivity contribution in [3.05, 3.63) is 0 Å². The summed E-state index contributed by atoms with van der Waals surface area (Å²) in [5.74, 6) is 0. The van der Waals surface area contributed by atoms with Crippen molar-refractivity contribution in [2.45, 2.75) is 25.0 Å². The van der Waals surface area contributed by atoms with Crippen LogP contribution in [0.25, 0.3) is 0 Å². The lowest BCUT2D eigenvalue weighted by molar-refractivity contribution is -0.0448. The molecule has 0 aromatic rings. The van der Waals surface area contributed by atoms with Gasteiger partial charge in [-0.05, 0) is 19.9 Å². The summed E-state index contributed by atoms with van der Waals surface area (Å²) in [5.41, 5.74) is 0. The molecule has 84 valence electrons. The van der Waals surface area contributed by atoms with Crippen LogP contribution in [0.4, 0.5) is 0 Å². The van der Waals surface area contributed by atoms with Crippen LogP contribution in [0, 0.1) is 0 Å². The summed E-state index contributed by atoms with van der Waals surface area (Å²) in [7, 11) is 3.61. The molecule has 1 aliphatic rings. The first-order valence-corrected chi connectivity index (χ1v) is 5.23. The number of methoxy groups -OCH3 is 1. The zero-order valence-electron chi connectivity index (χ0n) is 9.12. The predicted molar refractivity (Wildman–Crippen MR) is 54.5 cm³/mol. The van der Waals surface area contributed by atoms with Gasteiger partial charge in [0.1, 0.15) is 0 Å². The van der Waals surface area contributed by atoms with Gasteiger partial charge in [-0.3, -0.25) is 0 Å². The smallest absolute Gasteiger partial charge is 0.0933 e. The lowest BCUT2D eigenvalue weighted by atomic mass is 10.2. The first-order chi connectivity index (χ1) is 6.86. The molecule has 1 saturated heterocycles. The van der Waals surface area contributed by atoms with Crippen molar-refractivity contribution >= 4 is 0 Å². The van der Waals surface area contributed by atoms with Crippen LogP contribution in [0.3, 0.4) is 0 Å². The fourth-order valence-corrected chi connectivity index (χ4v) is 1.60. The minimum absolute atomic E-state index is 0.134. The van der Waals surface area contributed by atoms with Crippen molar-refractivity contribution in [3.63, 3.8) is 0 Å². The fourth-order valence-electron chi connectivity index (χ4n) is 1.60. The van der Waals surface area contributed by atoms with E-state index in [4.69, 9.17) is 14.2 Å². The first-order valence-electron chi connectivity index (χ1n) is 5.23. The zero-order valence-corrected chi connectivity index (χ0v) is 9.12. The summed E-state index contributed by atoms with van der Waals surface area (Å²) in [5, 5.41) is 3.08. The normalized spacial score (nSPS) is 24.0. The molecule has 0 aliphatic carbocycles. The Hall–Kier alpha value is -0.160. The molecular formula is C10H21NO3. The lowest BCUT2D eigenvalue weighted by Crippen LogP contribution is -2.33. The van der Waals surface area contributed by atoms with Crippen LogP contribution in [0.5, 0.6) is 0 Å². The maximum Gasteiger partial charge on any atom is 0.0933 e. The number of hydrogen-bond donors (Lipinski definition) is 1. The molecule has 2 unspecified atom stereocenters. The number of hydrogen-bond acceptors (Lipinski definition) is 4. The average molecular weight is 203 g/mol. The second kappa shape index (κ2) is 7.17. The van der Waals surface area contributed by atoms with E-state index >= 15 is 0 Å². The third-order valence-electron chi connectivity index (χ3n) is 2.33. The Kier molecular flexibility index (Phi) is 6.10. The Bertz CT molecular complexity index is 131. The van der Waals surface area contributed by atoms with Crippen molar-refractivity contribution in [2.24, 2.45) is 0 Å². The molecule has 0 aromatic carbocycles. The Morgan fingerprint density at radius 1 is 1.57 bits per heavy atom. The van der Waals surface area contributed by atoms with E-state index in [2.05, 4.69) is 5.32 Å². The molecule has 2 atom stereocenters. The van der Waals surface area contributed by atoms with Gasteiger partial charge in [0.2, 0.25) is 0 Å². The molecule has 0 saturated carbocycles. The van der Waals surface area contributed by atoms with Gasteiger partial charge >= 0.3 is 0 Å². The van der Waals surface area contributed by atoms with Crippen molar-refractivity contribution in [1.82, 2.24) is 5.32 Å². The van der Waals surface area contributed by atoms with Crippen molar-refractivity contribution in [3.8, 4) is 0 Å². The maximum absolute atomic E-state index is 5.69. The monoisotopic (exact) mass is 203 g/mol. The van der Waals surface area contributed by atoms with Gasteiger partial charge in [-0.2, -0.15) is 0 Å². The largest absolute Gasteiger partial charge is 0.382 e. The molecule has 0 bridgehead atoms. The summed E-state index contributed by atoms with van der Waals surface area (Å²) >= 11 is 0. The summed E-state index contributed by atoms with van der Waals surface area (Å²) in [6.07, 6.45) is 2.72. The minimum atomic E-state index is 0.134. The molecule has 4 heteroatoms. The Balaban J connectivity index is 2.10. The second-order valence-electron chi connectivity index (χ2n) is 3.60. The molecule has 4 nitrogen and oxygen atoms in total. The van der Waals surface area contributed by atoms with E-state index in [-0.39, 0.29) is 6.10 Å². The van der Waals surface area contributed by atoms with Gasteiger partial charge in [-0.15, -0.1) is 0 Å². The minimum Gasteiger partial charge on any atom is -0.382 e. The van der Waals surface area contributed by atoms with Gasteiger partial charge < -0.3 is 19.5 Å². The number of likely N-dealkylation sites (N-methyl/N-ethyl adjacent to an activating group) is 1. The molecule has 0 aromatic heterocycles. The van der Waals surface area contributed by atoms with E-state index in [1.54, 1.807) is 7.11 Å². The number of nitrogens with one attached hydrogen (secondary N) is 1. The molecule has 1 N–H and O–H groups in total. The van der Waals surface area contributed by atoms with Crippen LogP contribution >= 0.6 is 0 Å². The number of ether oxygens (including phenoxy) is 3. The second-order valence-corrected chi connectivity index (χ2v) is 3.60. The highest BCUT2D eigenvalue weighted by Crippen LogP contribution is 2.12. The van der Waals surface area contributed by atoms with E-state index in [0.717, 1.165) is 26.0 Å². The van der Waals surface area contributed by atoms with Gasteiger partial charge in [0.25, 0.3) is 0 Å². The molecule has 0 spiro atoms.